The highest BCUT2D eigenvalue weighted by atomic mass is 79.9. The molecule has 5 heteroatoms. The number of aromatic nitrogens is 2. The molecule has 1 aromatic heterocycles. The van der Waals surface area contributed by atoms with Gasteiger partial charge in [-0.2, -0.15) is 0 Å². The number of imidazole rings is 1. The molecule has 3 aromatic rings. The number of nitrogens with zero attached hydrogens (tertiary/aromatic N) is 2. The molecule has 0 fully saturated rings. The number of carbonyl (C=O) groups excluding carboxylic acids is 1. The lowest BCUT2D eigenvalue weighted by Crippen LogP contribution is -2.28. The van der Waals surface area contributed by atoms with Crippen LogP contribution in [0.1, 0.15) is 87.4 Å². The van der Waals surface area contributed by atoms with Crippen molar-refractivity contribution in [1.82, 2.24) is 14.9 Å². The third-order valence-corrected chi connectivity index (χ3v) is 6.23. The molecular formula is C26H34BrN3O. The van der Waals surface area contributed by atoms with Crippen LogP contribution in [0, 0.1) is 0 Å². The van der Waals surface area contributed by atoms with E-state index in [-0.39, 0.29) is 11.9 Å². The summed E-state index contributed by atoms with van der Waals surface area (Å²) in [6, 6.07) is 15.5. The number of benzene rings is 2. The third-order valence-electron chi connectivity index (χ3n) is 5.74. The number of aryl methyl sites for hydroxylation is 1. The number of nitrogens with one attached hydrogen (secondary N) is 1. The number of unbranched alkanes of at least 4 members (excludes halogenated alkanes) is 7. The van der Waals surface area contributed by atoms with E-state index < -0.39 is 0 Å². The molecule has 1 atom stereocenters. The van der Waals surface area contributed by atoms with Crippen molar-refractivity contribution < 1.29 is 4.79 Å². The summed E-state index contributed by atoms with van der Waals surface area (Å²) in [6.45, 7) is 5.21. The van der Waals surface area contributed by atoms with Crippen molar-refractivity contribution in [1.29, 1.82) is 0 Å². The SMILES string of the molecule is CCCCCCCCCCn1c(C(C)NC(=O)c2cccc(Br)c2)nc2ccccc21. The third kappa shape index (κ3) is 6.67. The molecule has 0 aliphatic rings. The van der Waals surface area contributed by atoms with E-state index in [1.807, 2.05) is 43.3 Å². The molecule has 0 bridgehead atoms. The predicted molar refractivity (Wildman–Crippen MR) is 132 cm³/mol. The summed E-state index contributed by atoms with van der Waals surface area (Å²) in [5, 5.41) is 3.13. The molecule has 3 rings (SSSR count). The van der Waals surface area contributed by atoms with Gasteiger partial charge in [0.15, 0.2) is 0 Å². The Morgan fingerprint density at radius 1 is 1.00 bits per heavy atom. The Hall–Kier alpha value is -2.14. The summed E-state index contributed by atoms with van der Waals surface area (Å²) in [7, 11) is 0. The molecule has 166 valence electrons. The van der Waals surface area contributed by atoms with Crippen molar-refractivity contribution in [2.24, 2.45) is 0 Å². The highest BCUT2D eigenvalue weighted by Gasteiger charge is 2.19. The first-order chi connectivity index (χ1) is 15.1. The maximum atomic E-state index is 12.7. The fraction of sp³-hybridized carbons (Fsp3) is 0.462. The van der Waals surface area contributed by atoms with Gasteiger partial charge in [-0.05, 0) is 43.7 Å². The van der Waals surface area contributed by atoms with Crippen molar-refractivity contribution >= 4 is 32.9 Å². The zero-order chi connectivity index (χ0) is 22.1. The molecule has 0 saturated carbocycles. The van der Waals surface area contributed by atoms with E-state index in [2.05, 4.69) is 44.9 Å². The Bertz CT molecular complexity index is 982. The maximum Gasteiger partial charge on any atom is 0.251 e. The average Bonchev–Trinajstić information content (AvgIpc) is 3.14. The lowest BCUT2D eigenvalue weighted by molar-refractivity contribution is 0.0937. The lowest BCUT2D eigenvalue weighted by Gasteiger charge is -2.16. The first kappa shape index (κ1) is 23.5. The van der Waals surface area contributed by atoms with E-state index >= 15 is 0 Å². The van der Waals surface area contributed by atoms with Crippen molar-refractivity contribution in [3.8, 4) is 0 Å². The molecule has 31 heavy (non-hydrogen) atoms. The second kappa shape index (κ2) is 12.0. The van der Waals surface area contributed by atoms with E-state index in [4.69, 9.17) is 4.98 Å². The Balaban J connectivity index is 1.65. The summed E-state index contributed by atoms with van der Waals surface area (Å²) in [5.74, 6) is 0.840. The Morgan fingerprint density at radius 2 is 1.71 bits per heavy atom. The van der Waals surface area contributed by atoms with Crippen LogP contribution in [0.4, 0.5) is 0 Å². The summed E-state index contributed by atoms with van der Waals surface area (Å²) in [5.41, 5.74) is 2.77. The van der Waals surface area contributed by atoms with Gasteiger partial charge in [0.25, 0.3) is 5.91 Å². The predicted octanol–water partition coefficient (Wildman–Crippen LogP) is 7.43. The average molecular weight is 484 g/mol. The van der Waals surface area contributed by atoms with Crippen molar-refractivity contribution in [2.75, 3.05) is 0 Å². The van der Waals surface area contributed by atoms with E-state index in [1.54, 1.807) is 0 Å². The number of hydrogen-bond donors (Lipinski definition) is 1. The van der Waals surface area contributed by atoms with Gasteiger partial charge in [-0.1, -0.05) is 86.0 Å². The van der Waals surface area contributed by atoms with Gasteiger partial charge < -0.3 is 9.88 Å². The van der Waals surface area contributed by atoms with Gasteiger partial charge in [0.1, 0.15) is 5.82 Å². The van der Waals surface area contributed by atoms with E-state index in [0.717, 1.165) is 34.3 Å². The standard InChI is InChI=1S/C26H34BrN3O/c1-3-4-5-6-7-8-9-12-18-30-24-17-11-10-16-23(24)29-25(30)20(2)28-26(31)21-14-13-15-22(27)19-21/h10-11,13-17,19-20H,3-9,12,18H2,1-2H3,(H,28,31). The molecule has 1 heterocycles. The smallest absolute Gasteiger partial charge is 0.251 e. The van der Waals surface area contributed by atoms with Gasteiger partial charge >= 0.3 is 0 Å². The van der Waals surface area contributed by atoms with Crippen molar-refractivity contribution in [3.05, 3.63) is 64.4 Å². The van der Waals surface area contributed by atoms with Crippen LogP contribution in [0.5, 0.6) is 0 Å². The van der Waals surface area contributed by atoms with E-state index in [1.165, 1.54) is 44.9 Å². The van der Waals surface area contributed by atoms with Crippen molar-refractivity contribution in [2.45, 2.75) is 77.8 Å². The fourth-order valence-electron chi connectivity index (χ4n) is 4.04. The van der Waals surface area contributed by atoms with Crippen LogP contribution in [0.2, 0.25) is 0 Å². The normalized spacial score (nSPS) is 12.2. The number of para-hydroxylation sites is 2. The van der Waals surface area contributed by atoms with Gasteiger partial charge in [-0.3, -0.25) is 4.79 Å². The summed E-state index contributed by atoms with van der Waals surface area (Å²) < 4.78 is 3.19. The van der Waals surface area contributed by atoms with Gasteiger partial charge in [0.2, 0.25) is 0 Å². The number of amides is 1. The van der Waals surface area contributed by atoms with Crippen LogP contribution in [0.25, 0.3) is 11.0 Å². The molecule has 1 amide bonds. The molecule has 1 N–H and O–H groups in total. The first-order valence-corrected chi connectivity index (χ1v) is 12.4. The zero-order valence-corrected chi connectivity index (χ0v) is 20.3. The number of rotatable bonds is 12. The summed E-state index contributed by atoms with van der Waals surface area (Å²) in [4.78, 5) is 17.6. The second-order valence-electron chi connectivity index (χ2n) is 8.29. The molecule has 0 aliphatic heterocycles. The van der Waals surface area contributed by atoms with Crippen LogP contribution < -0.4 is 5.32 Å². The van der Waals surface area contributed by atoms with Crippen LogP contribution in [-0.2, 0) is 6.54 Å². The molecule has 0 saturated heterocycles. The fourth-order valence-corrected chi connectivity index (χ4v) is 4.44. The minimum atomic E-state index is -0.173. The van der Waals surface area contributed by atoms with Gasteiger partial charge in [0, 0.05) is 16.6 Å². The van der Waals surface area contributed by atoms with Gasteiger partial charge in [-0.15, -0.1) is 0 Å². The summed E-state index contributed by atoms with van der Waals surface area (Å²) in [6.07, 6.45) is 10.4. The lowest BCUT2D eigenvalue weighted by atomic mass is 10.1. The van der Waals surface area contributed by atoms with Crippen LogP contribution >= 0.6 is 15.9 Å². The monoisotopic (exact) mass is 483 g/mol. The minimum Gasteiger partial charge on any atom is -0.342 e. The van der Waals surface area contributed by atoms with Gasteiger partial charge in [0.05, 0.1) is 17.1 Å². The van der Waals surface area contributed by atoms with E-state index in [9.17, 15) is 4.79 Å². The molecule has 4 nitrogen and oxygen atoms in total. The van der Waals surface area contributed by atoms with Crippen LogP contribution in [-0.4, -0.2) is 15.5 Å². The number of fused-ring (bicyclic) bond motifs is 1. The van der Waals surface area contributed by atoms with Crippen LogP contribution in [0.15, 0.2) is 53.0 Å². The molecule has 0 spiro atoms. The summed E-state index contributed by atoms with van der Waals surface area (Å²) >= 11 is 3.44. The highest BCUT2D eigenvalue weighted by Crippen LogP contribution is 2.23. The Morgan fingerprint density at radius 3 is 2.45 bits per heavy atom. The Labute approximate surface area is 194 Å². The molecule has 2 aromatic carbocycles. The Kier molecular flexibility index (Phi) is 9.13. The number of carbonyl (C=O) groups is 1. The quantitative estimate of drug-likeness (QED) is 0.272. The molecule has 1 unspecified atom stereocenters. The van der Waals surface area contributed by atoms with Gasteiger partial charge in [-0.25, -0.2) is 4.98 Å². The zero-order valence-electron chi connectivity index (χ0n) is 18.7. The molecular weight excluding hydrogens is 450 g/mol. The number of halogens is 1. The second-order valence-corrected chi connectivity index (χ2v) is 9.21. The molecule has 0 radical (unpaired) electrons. The van der Waals surface area contributed by atoms with Crippen LogP contribution in [0.3, 0.4) is 0 Å². The molecule has 0 aliphatic carbocycles. The maximum absolute atomic E-state index is 12.7. The first-order valence-electron chi connectivity index (χ1n) is 11.6. The topological polar surface area (TPSA) is 46.9 Å². The highest BCUT2D eigenvalue weighted by molar-refractivity contribution is 9.10. The number of hydrogen-bond acceptors (Lipinski definition) is 2. The van der Waals surface area contributed by atoms with E-state index in [0.29, 0.717) is 5.56 Å². The minimum absolute atomic E-state index is 0.0838. The van der Waals surface area contributed by atoms with Crippen molar-refractivity contribution in [3.63, 3.8) is 0 Å². The largest absolute Gasteiger partial charge is 0.342 e.